The summed E-state index contributed by atoms with van der Waals surface area (Å²) >= 11 is 3.39. The number of carbonyl (C=O) groups excluding carboxylic acids is 1. The fourth-order valence-corrected chi connectivity index (χ4v) is 3.38. The molecule has 1 amide bonds. The van der Waals surface area contributed by atoms with E-state index < -0.39 is 15.9 Å². The normalized spacial score (nSPS) is 11.1. The summed E-state index contributed by atoms with van der Waals surface area (Å²) in [6, 6.07) is 9.39. The van der Waals surface area contributed by atoms with Gasteiger partial charge >= 0.3 is 0 Å². The molecule has 7 nitrogen and oxygen atoms in total. The molecule has 0 fully saturated rings. The number of primary sulfonamides is 1. The van der Waals surface area contributed by atoms with Gasteiger partial charge in [0.25, 0.3) is 5.91 Å². The third-order valence-corrected chi connectivity index (χ3v) is 5.13. The molecule has 2 aromatic carbocycles. The number of benzene rings is 2. The van der Waals surface area contributed by atoms with Crippen molar-refractivity contribution in [2.24, 2.45) is 5.14 Å². The molecule has 0 aromatic heterocycles. The third-order valence-electron chi connectivity index (χ3n) is 3.73. The number of hydrogen-bond donors (Lipinski definition) is 1. The first-order valence-electron chi connectivity index (χ1n) is 7.46. The van der Waals surface area contributed by atoms with Crippen molar-refractivity contribution >= 4 is 31.9 Å². The minimum Gasteiger partial charge on any atom is -0.496 e. The van der Waals surface area contributed by atoms with E-state index >= 15 is 0 Å². The van der Waals surface area contributed by atoms with Crippen LogP contribution in [0.4, 0.5) is 0 Å². The Labute approximate surface area is 160 Å². The van der Waals surface area contributed by atoms with Gasteiger partial charge in [-0.05, 0) is 36.4 Å². The molecule has 0 spiro atoms. The summed E-state index contributed by atoms with van der Waals surface area (Å²) in [6.45, 7) is 0.254. The molecule has 0 aliphatic heterocycles. The fourth-order valence-electron chi connectivity index (χ4n) is 2.43. The van der Waals surface area contributed by atoms with Crippen LogP contribution in [0.3, 0.4) is 0 Å². The number of nitrogens with zero attached hydrogens (tertiary/aromatic N) is 1. The van der Waals surface area contributed by atoms with Crippen LogP contribution in [0.15, 0.2) is 45.8 Å². The molecular weight excluding hydrogens is 424 g/mol. The Balaban J connectivity index is 2.38. The molecule has 0 heterocycles. The van der Waals surface area contributed by atoms with Crippen molar-refractivity contribution in [3.63, 3.8) is 0 Å². The van der Waals surface area contributed by atoms with Gasteiger partial charge in [-0.25, -0.2) is 13.6 Å². The highest BCUT2D eigenvalue weighted by Crippen LogP contribution is 2.27. The quantitative estimate of drug-likeness (QED) is 0.739. The van der Waals surface area contributed by atoms with Gasteiger partial charge in [0.15, 0.2) is 0 Å². The zero-order chi connectivity index (χ0) is 19.5. The predicted molar refractivity (Wildman–Crippen MR) is 101 cm³/mol. The van der Waals surface area contributed by atoms with Gasteiger partial charge in [-0.1, -0.05) is 15.9 Å². The lowest BCUT2D eigenvalue weighted by Crippen LogP contribution is -2.27. The smallest absolute Gasteiger partial charge is 0.257 e. The van der Waals surface area contributed by atoms with E-state index in [0.29, 0.717) is 5.75 Å². The molecule has 0 aliphatic rings. The minimum absolute atomic E-state index is 0.107. The van der Waals surface area contributed by atoms with Gasteiger partial charge in [-0.3, -0.25) is 4.79 Å². The molecule has 26 heavy (non-hydrogen) atoms. The molecule has 0 bridgehead atoms. The number of hydrogen-bond acceptors (Lipinski definition) is 5. The van der Waals surface area contributed by atoms with Crippen LogP contribution in [0.25, 0.3) is 0 Å². The first-order chi connectivity index (χ1) is 12.2. The summed E-state index contributed by atoms with van der Waals surface area (Å²) in [7, 11) is 0.617. The van der Waals surface area contributed by atoms with Crippen molar-refractivity contribution in [2.75, 3.05) is 21.3 Å². The lowest BCUT2D eigenvalue weighted by Gasteiger charge is -2.20. The molecule has 0 aliphatic carbocycles. The largest absolute Gasteiger partial charge is 0.496 e. The maximum absolute atomic E-state index is 12.9. The highest BCUT2D eigenvalue weighted by atomic mass is 79.9. The predicted octanol–water partition coefficient (Wildman–Crippen LogP) is 2.39. The van der Waals surface area contributed by atoms with E-state index in [-0.39, 0.29) is 22.8 Å². The number of amides is 1. The van der Waals surface area contributed by atoms with E-state index in [1.165, 1.54) is 30.2 Å². The average molecular weight is 443 g/mol. The zero-order valence-electron chi connectivity index (χ0n) is 14.5. The van der Waals surface area contributed by atoms with Crippen LogP contribution in [0.2, 0.25) is 0 Å². The topological polar surface area (TPSA) is 98.9 Å². The molecule has 0 atom stereocenters. The molecule has 2 aromatic rings. The van der Waals surface area contributed by atoms with Gasteiger partial charge in [0.2, 0.25) is 10.0 Å². The summed E-state index contributed by atoms with van der Waals surface area (Å²) in [4.78, 5) is 14.1. The lowest BCUT2D eigenvalue weighted by atomic mass is 10.1. The second kappa shape index (κ2) is 8.07. The fraction of sp³-hybridized carbons (Fsp3) is 0.235. The zero-order valence-corrected chi connectivity index (χ0v) is 16.9. The van der Waals surface area contributed by atoms with Crippen molar-refractivity contribution in [1.82, 2.24) is 4.90 Å². The molecule has 140 valence electrons. The standard InChI is InChI=1S/C17H19BrN2O5S/c1-20(10-11-8-12(18)4-6-15(11)24-2)17(21)14-9-13(26(19,22)23)5-7-16(14)25-3/h4-9H,10H2,1-3H3,(H2,19,22,23). The van der Waals surface area contributed by atoms with E-state index in [2.05, 4.69) is 15.9 Å². The highest BCUT2D eigenvalue weighted by molar-refractivity contribution is 9.10. The number of sulfonamides is 1. The van der Waals surface area contributed by atoms with Gasteiger partial charge in [0, 0.05) is 23.6 Å². The van der Waals surface area contributed by atoms with Gasteiger partial charge in [-0.15, -0.1) is 0 Å². The first kappa shape index (κ1) is 20.2. The van der Waals surface area contributed by atoms with E-state index in [1.807, 2.05) is 12.1 Å². The summed E-state index contributed by atoms with van der Waals surface area (Å²) in [5, 5.41) is 5.16. The molecular formula is C17H19BrN2O5S. The maximum Gasteiger partial charge on any atom is 0.257 e. The minimum atomic E-state index is -3.94. The Morgan fingerprint density at radius 2 is 1.73 bits per heavy atom. The van der Waals surface area contributed by atoms with Crippen LogP contribution in [0.5, 0.6) is 11.5 Å². The summed E-state index contributed by atoms with van der Waals surface area (Å²) in [5.41, 5.74) is 0.898. The van der Waals surface area contributed by atoms with Crippen molar-refractivity contribution in [1.29, 1.82) is 0 Å². The van der Waals surface area contributed by atoms with Gasteiger partial charge in [0.1, 0.15) is 11.5 Å². The molecule has 0 saturated carbocycles. The number of ether oxygens (including phenoxy) is 2. The van der Waals surface area contributed by atoms with Crippen LogP contribution >= 0.6 is 15.9 Å². The van der Waals surface area contributed by atoms with Crippen LogP contribution in [-0.2, 0) is 16.6 Å². The number of carbonyl (C=O) groups is 1. The summed E-state index contributed by atoms with van der Waals surface area (Å²) in [5.74, 6) is 0.489. The van der Waals surface area contributed by atoms with E-state index in [9.17, 15) is 13.2 Å². The molecule has 0 saturated heterocycles. The Morgan fingerprint density at radius 3 is 2.31 bits per heavy atom. The summed E-state index contributed by atoms with van der Waals surface area (Å²) in [6.07, 6.45) is 0. The molecule has 9 heteroatoms. The highest BCUT2D eigenvalue weighted by Gasteiger charge is 2.21. The molecule has 0 radical (unpaired) electrons. The number of nitrogens with two attached hydrogens (primary N) is 1. The molecule has 2 rings (SSSR count). The van der Waals surface area contributed by atoms with E-state index in [1.54, 1.807) is 20.2 Å². The maximum atomic E-state index is 12.9. The van der Waals surface area contributed by atoms with Crippen LogP contribution in [0.1, 0.15) is 15.9 Å². The number of rotatable bonds is 6. The van der Waals surface area contributed by atoms with Crippen LogP contribution in [-0.4, -0.2) is 40.5 Å². The number of halogens is 1. The van der Waals surface area contributed by atoms with Crippen molar-refractivity contribution in [3.8, 4) is 11.5 Å². The monoisotopic (exact) mass is 442 g/mol. The van der Waals surface area contributed by atoms with Crippen molar-refractivity contribution < 1.29 is 22.7 Å². The average Bonchev–Trinajstić information content (AvgIpc) is 2.59. The van der Waals surface area contributed by atoms with Crippen molar-refractivity contribution in [3.05, 3.63) is 52.0 Å². The van der Waals surface area contributed by atoms with Gasteiger partial charge in [0.05, 0.1) is 24.7 Å². The van der Waals surface area contributed by atoms with Gasteiger partial charge < -0.3 is 14.4 Å². The van der Waals surface area contributed by atoms with Gasteiger partial charge in [-0.2, -0.15) is 0 Å². The van der Waals surface area contributed by atoms with E-state index in [0.717, 1.165) is 10.0 Å². The summed E-state index contributed by atoms with van der Waals surface area (Å²) < 4.78 is 34.5. The van der Waals surface area contributed by atoms with Crippen LogP contribution < -0.4 is 14.6 Å². The first-order valence-corrected chi connectivity index (χ1v) is 9.80. The molecule has 0 unspecified atom stereocenters. The molecule has 2 N–H and O–H groups in total. The lowest BCUT2D eigenvalue weighted by molar-refractivity contribution is 0.0780. The second-order valence-corrected chi connectivity index (χ2v) is 8.00. The van der Waals surface area contributed by atoms with Crippen LogP contribution in [0, 0.1) is 0 Å². The SMILES string of the molecule is COc1ccc(Br)cc1CN(C)C(=O)c1cc(S(N)(=O)=O)ccc1OC. The Bertz CT molecular complexity index is 931. The third kappa shape index (κ3) is 4.54. The Morgan fingerprint density at radius 1 is 1.12 bits per heavy atom. The van der Waals surface area contributed by atoms with Crippen molar-refractivity contribution in [2.45, 2.75) is 11.4 Å². The Hall–Kier alpha value is -2.10. The van der Waals surface area contributed by atoms with E-state index in [4.69, 9.17) is 14.6 Å². The Kier molecular flexibility index (Phi) is 6.27. The second-order valence-electron chi connectivity index (χ2n) is 5.52. The number of methoxy groups -OCH3 is 2.